The van der Waals surface area contributed by atoms with Gasteiger partial charge < -0.3 is 14.8 Å². The standard InChI is InChI=1S/C17H23NO2/c1-2-4-16-13(3-1)11-14(16)12-18-15-5-7-17(8-6-15)19-9-10-20-17/h1-4,14-15,18H,5-12H2. The van der Waals surface area contributed by atoms with E-state index in [1.807, 2.05) is 0 Å². The maximum absolute atomic E-state index is 5.78. The van der Waals surface area contributed by atoms with E-state index in [1.165, 1.54) is 24.8 Å². The van der Waals surface area contributed by atoms with Crippen LogP contribution in [0.25, 0.3) is 0 Å². The molecule has 1 saturated heterocycles. The number of ether oxygens (including phenoxy) is 2. The first-order valence-electron chi connectivity index (χ1n) is 7.94. The molecule has 1 aromatic rings. The molecule has 1 atom stereocenters. The van der Waals surface area contributed by atoms with E-state index in [2.05, 4.69) is 29.6 Å². The highest BCUT2D eigenvalue weighted by molar-refractivity contribution is 5.40. The van der Waals surface area contributed by atoms with Crippen LogP contribution < -0.4 is 5.32 Å². The van der Waals surface area contributed by atoms with Gasteiger partial charge in [-0.2, -0.15) is 0 Å². The number of rotatable bonds is 3. The molecule has 2 aliphatic carbocycles. The Hall–Kier alpha value is -0.900. The molecule has 3 aliphatic rings. The normalized spacial score (nSPS) is 28.3. The van der Waals surface area contributed by atoms with Crippen LogP contribution >= 0.6 is 0 Å². The summed E-state index contributed by atoms with van der Waals surface area (Å²) in [7, 11) is 0. The Morgan fingerprint density at radius 3 is 2.60 bits per heavy atom. The molecule has 0 bridgehead atoms. The third kappa shape index (κ3) is 2.28. The largest absolute Gasteiger partial charge is 0.348 e. The highest BCUT2D eigenvalue weighted by Gasteiger charge is 2.40. The Labute approximate surface area is 120 Å². The fourth-order valence-electron chi connectivity index (χ4n) is 3.90. The number of hydrogen-bond acceptors (Lipinski definition) is 3. The third-order valence-corrected chi connectivity index (χ3v) is 5.18. The lowest BCUT2D eigenvalue weighted by atomic mass is 9.77. The zero-order valence-electron chi connectivity index (χ0n) is 11.9. The topological polar surface area (TPSA) is 30.5 Å². The molecule has 1 N–H and O–H groups in total. The lowest BCUT2D eigenvalue weighted by Gasteiger charge is -2.37. The highest BCUT2D eigenvalue weighted by Crippen LogP contribution is 2.37. The molecule has 108 valence electrons. The van der Waals surface area contributed by atoms with Crippen LogP contribution in [0.1, 0.15) is 42.7 Å². The van der Waals surface area contributed by atoms with E-state index in [-0.39, 0.29) is 5.79 Å². The molecule has 1 unspecified atom stereocenters. The average Bonchev–Trinajstić information content (AvgIpc) is 2.91. The molecule has 0 radical (unpaired) electrons. The lowest BCUT2D eigenvalue weighted by Crippen LogP contribution is -2.43. The fraction of sp³-hybridized carbons (Fsp3) is 0.647. The first-order valence-corrected chi connectivity index (χ1v) is 7.94. The van der Waals surface area contributed by atoms with Crippen molar-refractivity contribution in [3.05, 3.63) is 35.4 Å². The van der Waals surface area contributed by atoms with Crippen LogP contribution in [-0.2, 0) is 15.9 Å². The minimum Gasteiger partial charge on any atom is -0.348 e. The first-order chi connectivity index (χ1) is 9.85. The minimum atomic E-state index is -0.221. The first kappa shape index (κ1) is 12.8. The lowest BCUT2D eigenvalue weighted by molar-refractivity contribution is -0.179. The summed E-state index contributed by atoms with van der Waals surface area (Å²) in [5.41, 5.74) is 3.09. The summed E-state index contributed by atoms with van der Waals surface area (Å²) in [6.07, 6.45) is 5.69. The molecule has 1 aliphatic heterocycles. The molecular formula is C17H23NO2. The summed E-state index contributed by atoms with van der Waals surface area (Å²) in [5.74, 6) is 0.502. The van der Waals surface area contributed by atoms with Crippen molar-refractivity contribution in [1.82, 2.24) is 5.32 Å². The van der Waals surface area contributed by atoms with Gasteiger partial charge in [-0.25, -0.2) is 0 Å². The van der Waals surface area contributed by atoms with Crippen molar-refractivity contribution in [2.24, 2.45) is 0 Å². The van der Waals surface area contributed by atoms with Crippen LogP contribution in [0, 0.1) is 0 Å². The van der Waals surface area contributed by atoms with Crippen molar-refractivity contribution >= 4 is 0 Å². The summed E-state index contributed by atoms with van der Waals surface area (Å²) >= 11 is 0. The van der Waals surface area contributed by atoms with E-state index in [1.54, 1.807) is 5.56 Å². The van der Waals surface area contributed by atoms with Crippen molar-refractivity contribution in [2.45, 2.75) is 49.9 Å². The van der Waals surface area contributed by atoms with E-state index in [4.69, 9.17) is 9.47 Å². The molecule has 20 heavy (non-hydrogen) atoms. The van der Waals surface area contributed by atoms with Gasteiger partial charge in [0.2, 0.25) is 0 Å². The van der Waals surface area contributed by atoms with Crippen molar-refractivity contribution in [3.8, 4) is 0 Å². The zero-order chi connectivity index (χ0) is 13.4. The summed E-state index contributed by atoms with van der Waals surface area (Å²) < 4.78 is 11.6. The zero-order valence-corrected chi connectivity index (χ0v) is 11.9. The van der Waals surface area contributed by atoms with E-state index >= 15 is 0 Å². The second-order valence-corrected chi connectivity index (χ2v) is 6.39. The second kappa shape index (κ2) is 5.14. The van der Waals surface area contributed by atoms with Gasteiger partial charge in [0, 0.05) is 31.3 Å². The van der Waals surface area contributed by atoms with Crippen molar-refractivity contribution in [2.75, 3.05) is 19.8 Å². The molecule has 1 heterocycles. The number of nitrogens with one attached hydrogen (secondary N) is 1. The van der Waals surface area contributed by atoms with Crippen LogP contribution in [0.4, 0.5) is 0 Å². The van der Waals surface area contributed by atoms with Gasteiger partial charge in [0.05, 0.1) is 13.2 Å². The average molecular weight is 273 g/mol. The molecule has 3 nitrogen and oxygen atoms in total. The molecule has 0 amide bonds. The van der Waals surface area contributed by atoms with Gasteiger partial charge in [-0.05, 0) is 30.4 Å². The van der Waals surface area contributed by atoms with E-state index in [0.717, 1.165) is 38.5 Å². The molecule has 1 spiro atoms. The monoisotopic (exact) mass is 273 g/mol. The van der Waals surface area contributed by atoms with Crippen molar-refractivity contribution in [3.63, 3.8) is 0 Å². The minimum absolute atomic E-state index is 0.221. The van der Waals surface area contributed by atoms with Gasteiger partial charge in [-0.15, -0.1) is 0 Å². The summed E-state index contributed by atoms with van der Waals surface area (Å²) in [4.78, 5) is 0. The molecule has 2 fully saturated rings. The summed E-state index contributed by atoms with van der Waals surface area (Å²) in [6.45, 7) is 2.67. The van der Waals surface area contributed by atoms with Crippen molar-refractivity contribution < 1.29 is 9.47 Å². The molecule has 1 saturated carbocycles. The van der Waals surface area contributed by atoms with Gasteiger partial charge in [0.25, 0.3) is 0 Å². The van der Waals surface area contributed by atoms with Gasteiger partial charge >= 0.3 is 0 Å². The van der Waals surface area contributed by atoms with Crippen LogP contribution in [0.3, 0.4) is 0 Å². The summed E-state index contributed by atoms with van der Waals surface area (Å²) in [5, 5.41) is 3.76. The SMILES string of the molecule is c1ccc2c(c1)CC2CNC1CCC2(CC1)OCCO2. The van der Waals surface area contributed by atoms with Gasteiger partial charge in [-0.3, -0.25) is 0 Å². The maximum Gasteiger partial charge on any atom is 0.168 e. The van der Waals surface area contributed by atoms with Gasteiger partial charge in [-0.1, -0.05) is 24.3 Å². The number of hydrogen-bond donors (Lipinski definition) is 1. The van der Waals surface area contributed by atoms with E-state index in [9.17, 15) is 0 Å². The Bertz CT molecular complexity index is 472. The molecule has 0 aromatic heterocycles. The predicted octanol–water partition coefficient (Wildman–Crippen LogP) is 2.60. The van der Waals surface area contributed by atoms with Crippen LogP contribution in [0.5, 0.6) is 0 Å². The van der Waals surface area contributed by atoms with Gasteiger partial charge in [0.15, 0.2) is 5.79 Å². The molecule has 3 heteroatoms. The Morgan fingerprint density at radius 1 is 1.10 bits per heavy atom. The van der Waals surface area contributed by atoms with E-state index < -0.39 is 0 Å². The molecule has 1 aromatic carbocycles. The van der Waals surface area contributed by atoms with Crippen LogP contribution in [-0.4, -0.2) is 31.6 Å². The number of benzene rings is 1. The highest BCUT2D eigenvalue weighted by atomic mass is 16.7. The maximum atomic E-state index is 5.78. The van der Waals surface area contributed by atoms with Crippen molar-refractivity contribution in [1.29, 1.82) is 0 Å². The Balaban J connectivity index is 1.26. The van der Waals surface area contributed by atoms with Gasteiger partial charge in [0.1, 0.15) is 0 Å². The summed E-state index contributed by atoms with van der Waals surface area (Å²) in [6, 6.07) is 9.47. The molecule has 4 rings (SSSR count). The predicted molar refractivity (Wildman–Crippen MR) is 77.8 cm³/mol. The molecular weight excluding hydrogens is 250 g/mol. The Morgan fingerprint density at radius 2 is 1.85 bits per heavy atom. The Kier molecular flexibility index (Phi) is 3.29. The number of fused-ring (bicyclic) bond motifs is 1. The van der Waals surface area contributed by atoms with Crippen LogP contribution in [0.15, 0.2) is 24.3 Å². The second-order valence-electron chi connectivity index (χ2n) is 6.39. The third-order valence-electron chi connectivity index (χ3n) is 5.18. The smallest absolute Gasteiger partial charge is 0.168 e. The fourth-order valence-corrected chi connectivity index (χ4v) is 3.90. The van der Waals surface area contributed by atoms with Crippen LogP contribution in [0.2, 0.25) is 0 Å². The quantitative estimate of drug-likeness (QED) is 0.918. The van der Waals surface area contributed by atoms with E-state index in [0.29, 0.717) is 6.04 Å².